The number of rotatable bonds is 2. The molecule has 8 atom stereocenters. The van der Waals surface area contributed by atoms with Crippen LogP contribution in [-0.2, 0) is 9.59 Å². The van der Waals surface area contributed by atoms with Crippen molar-refractivity contribution in [2.75, 3.05) is 5.88 Å². The van der Waals surface area contributed by atoms with Crippen LogP contribution in [0.4, 0.5) is 0 Å². The number of fused-ring (bicyclic) bond motifs is 5. The molecule has 0 aliphatic heterocycles. The number of alkyl halides is 3. The molecule has 0 aromatic carbocycles. The van der Waals surface area contributed by atoms with Crippen LogP contribution in [0, 0.1) is 28.6 Å². The van der Waals surface area contributed by atoms with E-state index in [-0.39, 0.29) is 35.2 Å². The summed E-state index contributed by atoms with van der Waals surface area (Å²) in [7, 11) is 0. The smallest absolute Gasteiger partial charge is 0.179 e. The fourth-order valence-corrected chi connectivity index (χ4v) is 8.61. The van der Waals surface area contributed by atoms with E-state index in [4.69, 9.17) is 34.8 Å². The summed E-state index contributed by atoms with van der Waals surface area (Å²) in [6.45, 7) is 6.00. The molecule has 154 valence electrons. The van der Waals surface area contributed by atoms with E-state index in [0.717, 1.165) is 24.8 Å². The lowest BCUT2D eigenvalue weighted by Gasteiger charge is -2.63. The molecule has 0 heterocycles. The Bertz CT molecular complexity index is 807. The van der Waals surface area contributed by atoms with E-state index in [9.17, 15) is 14.7 Å². The first-order valence-corrected chi connectivity index (χ1v) is 11.4. The second-order valence-corrected chi connectivity index (χ2v) is 11.1. The second kappa shape index (κ2) is 6.33. The zero-order valence-electron chi connectivity index (χ0n) is 16.5. The predicted molar refractivity (Wildman–Crippen MR) is 112 cm³/mol. The van der Waals surface area contributed by atoms with E-state index in [2.05, 4.69) is 6.92 Å². The Morgan fingerprint density at radius 2 is 2.00 bits per heavy atom. The van der Waals surface area contributed by atoms with Gasteiger partial charge in [-0.2, -0.15) is 0 Å². The van der Waals surface area contributed by atoms with Crippen molar-refractivity contribution in [2.24, 2.45) is 28.6 Å². The SMILES string of the molecule is CC1C[C@H]2[C@@H]3CCC4=CC(=O)C=C[C@]4(C)[C@@]3(Cl)C(Cl)C[C@]2(C)[C@@]1(O)C(=O)CCl. The molecule has 0 aromatic heterocycles. The lowest BCUT2D eigenvalue weighted by atomic mass is 9.46. The summed E-state index contributed by atoms with van der Waals surface area (Å²) in [6.07, 6.45) is 7.96. The fraction of sp³-hybridized carbons (Fsp3) is 0.727. The van der Waals surface area contributed by atoms with Crippen molar-refractivity contribution in [3.63, 3.8) is 0 Å². The van der Waals surface area contributed by atoms with Crippen molar-refractivity contribution in [2.45, 2.75) is 62.3 Å². The minimum Gasteiger partial charge on any atom is -0.381 e. The van der Waals surface area contributed by atoms with Gasteiger partial charge in [-0.05, 0) is 55.6 Å². The topological polar surface area (TPSA) is 54.4 Å². The third kappa shape index (κ3) is 2.23. The molecule has 4 aliphatic carbocycles. The summed E-state index contributed by atoms with van der Waals surface area (Å²) >= 11 is 20.4. The van der Waals surface area contributed by atoms with Gasteiger partial charge in [0.25, 0.3) is 0 Å². The van der Waals surface area contributed by atoms with Crippen molar-refractivity contribution < 1.29 is 14.7 Å². The van der Waals surface area contributed by atoms with E-state index in [1.165, 1.54) is 0 Å². The number of carbonyl (C=O) groups excluding carboxylic acids is 2. The normalized spacial score (nSPS) is 52.5. The molecule has 2 unspecified atom stereocenters. The van der Waals surface area contributed by atoms with Gasteiger partial charge in [-0.1, -0.05) is 32.4 Å². The van der Waals surface area contributed by atoms with E-state index in [1.807, 2.05) is 19.9 Å². The highest BCUT2D eigenvalue weighted by atomic mass is 35.5. The Balaban J connectivity index is 1.84. The lowest BCUT2D eigenvalue weighted by molar-refractivity contribution is -0.162. The summed E-state index contributed by atoms with van der Waals surface area (Å²) in [4.78, 5) is 23.9. The third-order valence-corrected chi connectivity index (χ3v) is 10.5. The predicted octanol–water partition coefficient (Wildman–Crippen LogP) is 4.66. The van der Waals surface area contributed by atoms with Crippen molar-refractivity contribution in [1.29, 1.82) is 0 Å². The first-order valence-electron chi connectivity index (χ1n) is 10.1. The molecule has 1 N–H and O–H groups in total. The van der Waals surface area contributed by atoms with Gasteiger partial charge in [0.05, 0.1) is 16.1 Å². The molecule has 3 nitrogen and oxygen atoms in total. The van der Waals surface area contributed by atoms with Gasteiger partial charge in [-0.15, -0.1) is 34.8 Å². The van der Waals surface area contributed by atoms with Gasteiger partial charge in [0.2, 0.25) is 0 Å². The summed E-state index contributed by atoms with van der Waals surface area (Å²) in [5.41, 5.74) is -1.63. The quantitative estimate of drug-likeness (QED) is 0.629. The zero-order chi connectivity index (χ0) is 20.7. The number of hydrogen-bond acceptors (Lipinski definition) is 3. The van der Waals surface area contributed by atoms with Gasteiger partial charge in [-0.3, -0.25) is 9.59 Å². The Labute approximate surface area is 181 Å². The maximum atomic E-state index is 12.8. The monoisotopic (exact) mass is 444 g/mol. The summed E-state index contributed by atoms with van der Waals surface area (Å²) in [5, 5.41) is 11.1. The highest BCUT2D eigenvalue weighted by Gasteiger charge is 2.74. The Morgan fingerprint density at radius 3 is 2.64 bits per heavy atom. The minimum absolute atomic E-state index is 0.00506. The molecule has 0 amide bonds. The first kappa shape index (κ1) is 20.9. The van der Waals surface area contributed by atoms with Gasteiger partial charge in [-0.25, -0.2) is 0 Å². The second-order valence-electron chi connectivity index (χ2n) is 9.68. The van der Waals surface area contributed by atoms with Gasteiger partial charge < -0.3 is 5.11 Å². The molecule has 0 saturated heterocycles. The maximum absolute atomic E-state index is 12.8. The largest absolute Gasteiger partial charge is 0.381 e. The number of ketones is 2. The molecule has 0 bridgehead atoms. The number of allylic oxidation sites excluding steroid dienone is 4. The molecule has 28 heavy (non-hydrogen) atoms. The zero-order valence-corrected chi connectivity index (χ0v) is 18.7. The average molecular weight is 446 g/mol. The standard InChI is InChI=1S/C22H27Cl3O3/c1-12-8-16-15-5-4-13-9-14(26)6-7-19(13,2)21(15,25)17(24)10-20(16,3)22(12,28)18(27)11-23/h6-7,9,12,15-17,28H,4-5,8,10-11H2,1-3H3/t12?,15-,16-,17?,19-,20-,21-,22-/m0/s1. The van der Waals surface area contributed by atoms with Crippen LogP contribution in [0.2, 0.25) is 0 Å². The minimum atomic E-state index is -1.49. The van der Waals surface area contributed by atoms with E-state index in [0.29, 0.717) is 6.42 Å². The van der Waals surface area contributed by atoms with Gasteiger partial charge >= 0.3 is 0 Å². The average Bonchev–Trinajstić information content (AvgIpc) is 2.84. The molecule has 4 rings (SSSR count). The fourth-order valence-electron chi connectivity index (χ4n) is 7.18. The van der Waals surface area contributed by atoms with E-state index < -0.39 is 26.7 Å². The molecule has 0 radical (unpaired) electrons. The molecule has 3 saturated carbocycles. The van der Waals surface area contributed by atoms with E-state index in [1.54, 1.807) is 12.2 Å². The van der Waals surface area contributed by atoms with Gasteiger partial charge in [0, 0.05) is 10.8 Å². The molecule has 0 aromatic rings. The molecule has 0 spiro atoms. The number of hydrogen-bond donors (Lipinski definition) is 1. The number of halogens is 3. The molecule has 6 heteroatoms. The van der Waals surface area contributed by atoms with Crippen molar-refractivity contribution in [3.05, 3.63) is 23.8 Å². The lowest BCUT2D eigenvalue weighted by Crippen LogP contribution is -2.67. The Hall–Kier alpha value is -0.350. The number of carbonyl (C=O) groups is 2. The third-order valence-electron chi connectivity index (χ3n) is 8.73. The maximum Gasteiger partial charge on any atom is 0.179 e. The highest BCUT2D eigenvalue weighted by Crippen LogP contribution is 2.72. The Kier molecular flexibility index (Phi) is 4.72. The summed E-state index contributed by atoms with van der Waals surface area (Å²) < 4.78 is 0. The molecular formula is C22H27Cl3O3. The number of aliphatic hydroxyl groups is 1. The van der Waals surface area contributed by atoms with Crippen LogP contribution in [0.25, 0.3) is 0 Å². The summed E-state index contributed by atoms with van der Waals surface area (Å²) in [5.74, 6) is -0.628. The van der Waals surface area contributed by atoms with Gasteiger partial charge in [0.1, 0.15) is 5.60 Å². The van der Waals surface area contributed by atoms with Crippen molar-refractivity contribution in [1.82, 2.24) is 0 Å². The van der Waals surface area contributed by atoms with Crippen LogP contribution in [0.5, 0.6) is 0 Å². The van der Waals surface area contributed by atoms with Crippen LogP contribution in [0.1, 0.15) is 46.5 Å². The van der Waals surface area contributed by atoms with Crippen LogP contribution in [0.15, 0.2) is 23.8 Å². The molecular weight excluding hydrogens is 419 g/mol. The summed E-state index contributed by atoms with van der Waals surface area (Å²) in [6, 6.07) is 0. The van der Waals surface area contributed by atoms with Crippen LogP contribution < -0.4 is 0 Å². The van der Waals surface area contributed by atoms with Crippen LogP contribution in [0.3, 0.4) is 0 Å². The molecule has 3 fully saturated rings. The van der Waals surface area contributed by atoms with Crippen LogP contribution in [-0.4, -0.2) is 38.4 Å². The Morgan fingerprint density at radius 1 is 1.32 bits per heavy atom. The highest BCUT2D eigenvalue weighted by molar-refractivity contribution is 6.34. The molecule has 4 aliphatic rings. The van der Waals surface area contributed by atoms with Gasteiger partial charge in [0.15, 0.2) is 11.6 Å². The number of Topliss-reactive ketones (excluding diaryl/α,β-unsaturated/α-hetero) is 1. The van der Waals surface area contributed by atoms with E-state index >= 15 is 0 Å². The van der Waals surface area contributed by atoms with Crippen molar-refractivity contribution in [3.8, 4) is 0 Å². The van der Waals surface area contributed by atoms with Crippen molar-refractivity contribution >= 4 is 46.4 Å². The first-order chi connectivity index (χ1) is 13.0. The van der Waals surface area contributed by atoms with Crippen LogP contribution >= 0.6 is 34.8 Å².